The van der Waals surface area contributed by atoms with E-state index in [1.807, 2.05) is 0 Å². The Morgan fingerprint density at radius 2 is 2.44 bits per heavy atom. The molecule has 0 aliphatic carbocycles. The highest BCUT2D eigenvalue weighted by Gasteiger charge is 2.25. The normalized spacial score (nSPS) is 15.7. The largest absolute Gasteiger partial charge is 0.480 e. The van der Waals surface area contributed by atoms with Gasteiger partial charge in [0.2, 0.25) is 0 Å². The number of hydrogen-bond acceptors (Lipinski definition) is 2. The van der Waals surface area contributed by atoms with E-state index in [1.54, 1.807) is 0 Å². The monoisotopic (exact) mass is 127 g/mol. The minimum absolute atomic E-state index is 0.0579. The molecule has 0 rings (SSSR count). The van der Waals surface area contributed by atoms with Crippen LogP contribution in [0.5, 0.6) is 0 Å². The van der Waals surface area contributed by atoms with Crippen molar-refractivity contribution < 1.29 is 9.90 Å². The Hall–Kier alpha value is -1.01. The first-order valence-corrected chi connectivity index (χ1v) is 2.46. The average molecular weight is 127 g/mol. The van der Waals surface area contributed by atoms with E-state index in [0.717, 1.165) is 0 Å². The smallest absolute Gasteiger partial charge is 0.324 e. The number of carboxylic acid groups (broad SMARTS) is 1. The van der Waals surface area contributed by atoms with Gasteiger partial charge in [0.15, 0.2) is 0 Å². The molecule has 0 amide bonds. The second kappa shape index (κ2) is 2.51. The summed E-state index contributed by atoms with van der Waals surface area (Å²) >= 11 is 0. The highest BCUT2D eigenvalue weighted by Crippen LogP contribution is 2.02. The van der Waals surface area contributed by atoms with Gasteiger partial charge >= 0.3 is 5.97 Å². The predicted octanol–water partition coefficient (Wildman–Crippen LogP) is -0.188. The summed E-state index contributed by atoms with van der Waals surface area (Å²) in [5.74, 6) is 1.11. The molecular weight excluding hydrogens is 118 g/mol. The van der Waals surface area contributed by atoms with Gasteiger partial charge in [-0.15, -0.1) is 12.3 Å². The first kappa shape index (κ1) is 7.99. The third-order valence-corrected chi connectivity index (χ3v) is 0.958. The van der Waals surface area contributed by atoms with Crippen LogP contribution in [-0.4, -0.2) is 16.6 Å². The van der Waals surface area contributed by atoms with Crippen LogP contribution in [0.3, 0.4) is 0 Å². The fraction of sp³-hybridized carbons (Fsp3) is 0.500. The van der Waals surface area contributed by atoms with Crippen molar-refractivity contribution in [3.8, 4) is 12.3 Å². The molecule has 0 radical (unpaired) electrons. The lowest BCUT2D eigenvalue weighted by Crippen LogP contribution is -2.44. The molecule has 0 fully saturated rings. The zero-order valence-corrected chi connectivity index (χ0v) is 5.22. The average Bonchev–Trinajstić information content (AvgIpc) is 1.65. The van der Waals surface area contributed by atoms with Gasteiger partial charge < -0.3 is 10.8 Å². The van der Waals surface area contributed by atoms with Gasteiger partial charge in [-0.3, -0.25) is 4.79 Å². The van der Waals surface area contributed by atoms with Gasteiger partial charge in [-0.05, 0) is 6.92 Å². The molecule has 0 saturated heterocycles. The van der Waals surface area contributed by atoms with E-state index < -0.39 is 11.5 Å². The third kappa shape index (κ3) is 2.15. The van der Waals surface area contributed by atoms with E-state index in [9.17, 15) is 4.79 Å². The molecule has 0 aliphatic rings. The molecule has 50 valence electrons. The van der Waals surface area contributed by atoms with Gasteiger partial charge in [0.25, 0.3) is 0 Å². The molecule has 3 heteroatoms. The maximum Gasteiger partial charge on any atom is 0.324 e. The number of terminal acetylenes is 1. The van der Waals surface area contributed by atoms with Gasteiger partial charge in [0.1, 0.15) is 5.54 Å². The molecule has 0 bridgehead atoms. The minimum Gasteiger partial charge on any atom is -0.480 e. The number of rotatable bonds is 2. The van der Waals surface area contributed by atoms with Crippen LogP contribution in [0.25, 0.3) is 0 Å². The molecule has 0 unspecified atom stereocenters. The first-order valence-electron chi connectivity index (χ1n) is 2.46. The van der Waals surface area contributed by atoms with Crippen LogP contribution in [0.4, 0.5) is 0 Å². The van der Waals surface area contributed by atoms with Crippen LogP contribution in [0, 0.1) is 12.3 Å². The number of hydrogen-bond donors (Lipinski definition) is 2. The third-order valence-electron chi connectivity index (χ3n) is 0.958. The molecule has 0 aromatic rings. The van der Waals surface area contributed by atoms with E-state index in [1.165, 1.54) is 6.92 Å². The summed E-state index contributed by atoms with van der Waals surface area (Å²) in [6.07, 6.45) is 4.92. The predicted molar refractivity (Wildman–Crippen MR) is 33.7 cm³/mol. The fourth-order valence-electron chi connectivity index (χ4n) is 0.288. The second-order valence-electron chi connectivity index (χ2n) is 2.10. The summed E-state index contributed by atoms with van der Waals surface area (Å²) in [4.78, 5) is 10.2. The number of carboxylic acids is 1. The van der Waals surface area contributed by atoms with Crippen molar-refractivity contribution in [2.24, 2.45) is 5.73 Å². The molecule has 0 saturated carbocycles. The quantitative estimate of drug-likeness (QED) is 0.505. The van der Waals surface area contributed by atoms with E-state index in [4.69, 9.17) is 17.3 Å². The van der Waals surface area contributed by atoms with Gasteiger partial charge in [0, 0.05) is 6.42 Å². The zero-order valence-electron chi connectivity index (χ0n) is 5.22. The Morgan fingerprint density at radius 1 is 2.00 bits per heavy atom. The van der Waals surface area contributed by atoms with Crippen LogP contribution < -0.4 is 5.73 Å². The van der Waals surface area contributed by atoms with Crippen LogP contribution in [-0.2, 0) is 4.79 Å². The maximum atomic E-state index is 10.2. The van der Waals surface area contributed by atoms with E-state index in [2.05, 4.69) is 5.92 Å². The standard InChI is InChI=1S/C6H9NO2/c1-3-4-6(2,7)5(8)9/h1H,4,7H2,2H3,(H,8,9)/t6-/m1/s1. The van der Waals surface area contributed by atoms with Gasteiger partial charge in [-0.25, -0.2) is 0 Å². The lowest BCUT2D eigenvalue weighted by molar-refractivity contribution is -0.142. The maximum absolute atomic E-state index is 10.2. The Labute approximate surface area is 53.9 Å². The van der Waals surface area contributed by atoms with Crippen molar-refractivity contribution in [1.29, 1.82) is 0 Å². The summed E-state index contributed by atoms with van der Waals surface area (Å²) in [6.45, 7) is 1.38. The molecule has 0 heterocycles. The summed E-state index contributed by atoms with van der Waals surface area (Å²) in [7, 11) is 0. The molecule has 0 aromatic carbocycles. The van der Waals surface area contributed by atoms with Crippen molar-refractivity contribution in [2.75, 3.05) is 0 Å². The topological polar surface area (TPSA) is 63.3 Å². The number of aliphatic carboxylic acids is 1. The molecule has 3 nitrogen and oxygen atoms in total. The van der Waals surface area contributed by atoms with E-state index in [0.29, 0.717) is 0 Å². The fourth-order valence-corrected chi connectivity index (χ4v) is 0.288. The second-order valence-corrected chi connectivity index (χ2v) is 2.10. The molecular formula is C6H9NO2. The van der Waals surface area contributed by atoms with Crippen molar-refractivity contribution >= 4 is 5.97 Å². The van der Waals surface area contributed by atoms with Crippen molar-refractivity contribution in [3.63, 3.8) is 0 Å². The van der Waals surface area contributed by atoms with Crippen LogP contribution in [0.2, 0.25) is 0 Å². The van der Waals surface area contributed by atoms with Gasteiger partial charge in [0.05, 0.1) is 0 Å². The Balaban J connectivity index is 4.06. The Morgan fingerprint density at radius 3 is 2.56 bits per heavy atom. The molecule has 1 atom stereocenters. The Kier molecular flexibility index (Phi) is 2.23. The van der Waals surface area contributed by atoms with Crippen LogP contribution in [0.1, 0.15) is 13.3 Å². The van der Waals surface area contributed by atoms with Crippen molar-refractivity contribution in [2.45, 2.75) is 18.9 Å². The van der Waals surface area contributed by atoms with Crippen molar-refractivity contribution in [1.82, 2.24) is 0 Å². The zero-order chi connectivity index (χ0) is 7.49. The van der Waals surface area contributed by atoms with Crippen LogP contribution in [0.15, 0.2) is 0 Å². The van der Waals surface area contributed by atoms with Crippen molar-refractivity contribution in [3.05, 3.63) is 0 Å². The molecule has 0 aromatic heterocycles. The number of nitrogens with two attached hydrogens (primary N) is 1. The highest BCUT2D eigenvalue weighted by atomic mass is 16.4. The van der Waals surface area contributed by atoms with Gasteiger partial charge in [-0.2, -0.15) is 0 Å². The molecule has 3 N–H and O–H groups in total. The molecule has 0 spiro atoms. The lowest BCUT2D eigenvalue weighted by Gasteiger charge is -2.14. The first-order chi connectivity index (χ1) is 4.00. The Bertz CT molecular complexity index is 155. The highest BCUT2D eigenvalue weighted by molar-refractivity contribution is 5.78. The van der Waals surface area contributed by atoms with Gasteiger partial charge in [-0.1, -0.05) is 0 Å². The SMILES string of the molecule is C#CC[C@@](C)(N)C(=O)O. The summed E-state index contributed by atoms with van der Waals surface area (Å²) in [6, 6.07) is 0. The summed E-state index contributed by atoms with van der Waals surface area (Å²) < 4.78 is 0. The van der Waals surface area contributed by atoms with Crippen LogP contribution >= 0.6 is 0 Å². The molecule has 0 aliphatic heterocycles. The lowest BCUT2D eigenvalue weighted by atomic mass is 10.0. The minimum atomic E-state index is -1.27. The number of carbonyl (C=O) groups is 1. The van der Waals surface area contributed by atoms with E-state index >= 15 is 0 Å². The summed E-state index contributed by atoms with van der Waals surface area (Å²) in [5.41, 5.74) is 3.96. The molecule has 9 heavy (non-hydrogen) atoms. The van der Waals surface area contributed by atoms with E-state index in [-0.39, 0.29) is 6.42 Å². The summed E-state index contributed by atoms with van der Waals surface area (Å²) in [5, 5.41) is 8.35.